The summed E-state index contributed by atoms with van der Waals surface area (Å²) in [4.78, 5) is 10.2. The SMILES string of the molecule is O=[N+]([O-])c1ccc(-c2[n-][o+]c(-c3ccccc3)[s+]2)cc1.[O-][Cl+3]([O-])([O-])[O-]. The van der Waals surface area contributed by atoms with E-state index in [1.54, 1.807) is 12.1 Å². The summed E-state index contributed by atoms with van der Waals surface area (Å²) in [7, 11) is -4.94. The predicted molar refractivity (Wildman–Crippen MR) is 76.2 cm³/mol. The van der Waals surface area contributed by atoms with Gasteiger partial charge in [0.05, 0.1) is 4.92 Å². The van der Waals surface area contributed by atoms with E-state index in [1.807, 2.05) is 30.3 Å². The first-order valence-corrected chi connectivity index (χ1v) is 8.51. The van der Waals surface area contributed by atoms with Crippen LogP contribution in [0.25, 0.3) is 21.2 Å². The molecule has 1 heterocycles. The first-order chi connectivity index (χ1) is 11.7. The average Bonchev–Trinajstić information content (AvgIpc) is 3.04. The normalized spacial score (nSPS) is 10.7. The monoisotopic (exact) mass is 384 g/mol. The third kappa shape index (κ3) is 6.15. The van der Waals surface area contributed by atoms with Gasteiger partial charge in [-0.2, -0.15) is 5.16 Å². The highest BCUT2D eigenvalue weighted by Crippen LogP contribution is 2.31. The molecule has 0 saturated heterocycles. The van der Waals surface area contributed by atoms with Crippen molar-refractivity contribution in [1.29, 1.82) is 0 Å². The van der Waals surface area contributed by atoms with Gasteiger partial charge in [0.25, 0.3) is 5.69 Å². The van der Waals surface area contributed by atoms with Crippen LogP contribution in [-0.4, -0.2) is 4.92 Å². The number of non-ortho nitro benzene ring substituents is 1. The van der Waals surface area contributed by atoms with Crippen molar-refractivity contribution < 1.29 is 38.3 Å². The quantitative estimate of drug-likeness (QED) is 0.326. The van der Waals surface area contributed by atoms with E-state index < -0.39 is 15.2 Å². The third-order valence-electron chi connectivity index (χ3n) is 2.74. The Hall–Kier alpha value is -2.47. The van der Waals surface area contributed by atoms with Crippen LogP contribution < -0.4 is 23.8 Å². The Morgan fingerprint density at radius 3 is 2.00 bits per heavy atom. The molecule has 0 spiro atoms. The van der Waals surface area contributed by atoms with E-state index in [1.165, 1.54) is 23.5 Å². The summed E-state index contributed by atoms with van der Waals surface area (Å²) in [6.07, 6.45) is 0. The van der Waals surface area contributed by atoms with Gasteiger partial charge in [0.1, 0.15) is 5.56 Å². The first-order valence-electron chi connectivity index (χ1n) is 6.46. The molecule has 0 radical (unpaired) electrons. The summed E-state index contributed by atoms with van der Waals surface area (Å²) in [5, 5.41) is 16.0. The molecule has 130 valence electrons. The molecule has 3 aromatic rings. The number of benzene rings is 2. The largest absolute Gasteiger partial charge is 0.605 e. The van der Waals surface area contributed by atoms with Crippen molar-refractivity contribution in [2.24, 2.45) is 0 Å². The van der Waals surface area contributed by atoms with Crippen molar-refractivity contribution in [3.63, 3.8) is 0 Å². The summed E-state index contributed by atoms with van der Waals surface area (Å²) in [5.41, 5.74) is 1.82. The average molecular weight is 385 g/mol. The number of halogens is 1. The molecular formula is C14H9ClN2O7S. The Labute approximate surface area is 146 Å². The Morgan fingerprint density at radius 2 is 1.48 bits per heavy atom. The molecule has 0 aliphatic rings. The van der Waals surface area contributed by atoms with Gasteiger partial charge in [0.2, 0.25) is 5.01 Å². The maximum Gasteiger partial charge on any atom is 0.605 e. The highest BCUT2D eigenvalue weighted by Gasteiger charge is 2.26. The summed E-state index contributed by atoms with van der Waals surface area (Å²) in [6.45, 7) is 0. The van der Waals surface area contributed by atoms with Crippen LogP contribution in [-0.2, 0) is 0 Å². The zero-order chi connectivity index (χ0) is 18.4. The minimum absolute atomic E-state index is 0.0607. The Kier molecular flexibility index (Phi) is 6.09. The molecule has 3 rings (SSSR count). The lowest BCUT2D eigenvalue weighted by Gasteiger charge is -2.17. The lowest BCUT2D eigenvalue weighted by atomic mass is 10.2. The van der Waals surface area contributed by atoms with Crippen LogP contribution in [0.3, 0.4) is 0 Å². The minimum atomic E-state index is -4.94. The summed E-state index contributed by atoms with van der Waals surface area (Å²) >= 11 is 1.41. The Morgan fingerprint density at radius 1 is 0.920 bits per heavy atom. The molecule has 0 aliphatic heterocycles. The lowest BCUT2D eigenvalue weighted by Crippen LogP contribution is -2.68. The van der Waals surface area contributed by atoms with Crippen LogP contribution >= 0.6 is 11.3 Å². The molecule has 0 aliphatic carbocycles. The molecule has 0 N–H and O–H groups in total. The van der Waals surface area contributed by atoms with Crippen molar-refractivity contribution in [3.8, 4) is 21.2 Å². The summed E-state index contributed by atoms with van der Waals surface area (Å²) < 4.78 is 39.3. The fourth-order valence-electron chi connectivity index (χ4n) is 1.73. The number of nitrogens with zero attached hydrogens (tertiary/aromatic N) is 2. The number of hydrogen-bond acceptors (Lipinski definition) is 6. The summed E-state index contributed by atoms with van der Waals surface area (Å²) in [6, 6.07) is 15.9. The van der Waals surface area contributed by atoms with Crippen molar-refractivity contribution in [2.75, 3.05) is 0 Å². The molecule has 0 fully saturated rings. The van der Waals surface area contributed by atoms with E-state index in [4.69, 9.17) is 23.2 Å². The zero-order valence-corrected chi connectivity index (χ0v) is 13.8. The van der Waals surface area contributed by atoms with E-state index in [0.29, 0.717) is 10.1 Å². The number of nitro groups is 1. The molecule has 1 aromatic heterocycles. The Bertz CT molecular complexity index is 828. The van der Waals surface area contributed by atoms with Gasteiger partial charge in [0.15, 0.2) is 0 Å². The fourth-order valence-corrected chi connectivity index (χ4v) is 2.56. The second kappa shape index (κ2) is 8.07. The fraction of sp³-hybridized carbons (Fsp3) is 0. The highest BCUT2D eigenvalue weighted by molar-refractivity contribution is 7.17. The van der Waals surface area contributed by atoms with E-state index in [9.17, 15) is 10.1 Å². The molecular weight excluding hydrogens is 376 g/mol. The van der Waals surface area contributed by atoms with Crippen molar-refractivity contribution in [1.82, 2.24) is 5.16 Å². The van der Waals surface area contributed by atoms with E-state index in [0.717, 1.165) is 11.1 Å². The standard InChI is InChI=1S/C14H9N2O3S.ClHO4/c17-16(18)12-8-6-10(7-9-12)13-15-19-14(20-13)11-4-2-1-3-5-11;2-1(3,4)5/h1-9H;(H,2,3,4,5)/q+1;/p-1. The molecule has 0 bridgehead atoms. The van der Waals surface area contributed by atoms with Crippen LogP contribution in [0, 0.1) is 20.4 Å². The van der Waals surface area contributed by atoms with Crippen LogP contribution in [0.1, 0.15) is 0 Å². The Balaban J connectivity index is 0.000000399. The van der Waals surface area contributed by atoms with E-state index in [2.05, 4.69) is 5.16 Å². The smallest absolute Gasteiger partial charge is 0.258 e. The first kappa shape index (κ1) is 18.9. The van der Waals surface area contributed by atoms with Gasteiger partial charge in [0, 0.05) is 17.7 Å². The minimum Gasteiger partial charge on any atom is -0.258 e. The molecule has 2 aromatic carbocycles. The number of hydrogen-bond donors (Lipinski definition) is 0. The number of rotatable bonds is 3. The number of aromatic nitrogens is 1. The van der Waals surface area contributed by atoms with Crippen LogP contribution in [0.4, 0.5) is 5.69 Å². The highest BCUT2D eigenvalue weighted by atomic mass is 35.7. The van der Waals surface area contributed by atoms with Crippen molar-refractivity contribution in [3.05, 3.63) is 64.7 Å². The molecule has 0 atom stereocenters. The van der Waals surface area contributed by atoms with Crippen LogP contribution in [0.2, 0.25) is 0 Å². The molecule has 25 heavy (non-hydrogen) atoms. The van der Waals surface area contributed by atoms with E-state index >= 15 is 0 Å². The third-order valence-corrected chi connectivity index (χ3v) is 3.73. The molecule has 9 nitrogen and oxygen atoms in total. The molecule has 11 heteroatoms. The van der Waals surface area contributed by atoms with Gasteiger partial charge in [-0.1, -0.05) is 18.2 Å². The zero-order valence-electron chi connectivity index (χ0n) is 12.2. The lowest BCUT2D eigenvalue weighted by molar-refractivity contribution is -2.00. The second-order valence-corrected chi connectivity index (χ2v) is 6.14. The molecule has 0 amide bonds. The maximum atomic E-state index is 10.6. The van der Waals surface area contributed by atoms with Gasteiger partial charge in [-0.3, -0.25) is 10.1 Å². The van der Waals surface area contributed by atoms with E-state index in [-0.39, 0.29) is 5.69 Å². The van der Waals surface area contributed by atoms with Crippen LogP contribution in [0.5, 0.6) is 0 Å². The van der Waals surface area contributed by atoms with Crippen molar-refractivity contribution >= 4 is 17.0 Å². The van der Waals surface area contributed by atoms with Gasteiger partial charge < -0.3 is 0 Å². The molecule has 0 saturated carbocycles. The summed E-state index contributed by atoms with van der Waals surface area (Å²) in [5.74, 6) is 0. The topological polar surface area (TPSA) is 161 Å². The second-order valence-electron chi connectivity index (χ2n) is 4.43. The number of nitro benzene ring substituents is 1. The predicted octanol–water partition coefficient (Wildman–Crippen LogP) is -0.653. The van der Waals surface area contributed by atoms with Crippen LogP contribution in [0.15, 0.2) is 59.1 Å². The van der Waals surface area contributed by atoms with Gasteiger partial charge >= 0.3 is 16.4 Å². The van der Waals surface area contributed by atoms with Gasteiger partial charge in [-0.05, 0) is 24.3 Å². The maximum absolute atomic E-state index is 10.6. The van der Waals surface area contributed by atoms with Gasteiger partial charge in [-0.15, -0.1) is 10.2 Å². The van der Waals surface area contributed by atoms with Crippen molar-refractivity contribution in [2.45, 2.75) is 0 Å². The van der Waals surface area contributed by atoms with Gasteiger partial charge in [-0.25, -0.2) is 23.2 Å². The molecule has 0 unspecified atom stereocenters.